The molecule has 0 saturated heterocycles. The van der Waals surface area contributed by atoms with E-state index in [1.54, 1.807) is 24.3 Å². The molecular formula is C18H21N3O5. The molecule has 1 aliphatic rings. The highest BCUT2D eigenvalue weighted by atomic mass is 16.5. The van der Waals surface area contributed by atoms with Crippen LogP contribution in [0.2, 0.25) is 0 Å². The molecule has 2 rings (SSSR count). The highest BCUT2D eigenvalue weighted by molar-refractivity contribution is 5.99. The van der Waals surface area contributed by atoms with Crippen LogP contribution in [0.1, 0.15) is 19.8 Å². The Labute approximate surface area is 151 Å². The number of para-hydroxylation sites is 2. The molecule has 1 aliphatic heterocycles. The lowest BCUT2D eigenvalue weighted by molar-refractivity contribution is -0.157. The number of fused-ring (bicyclic) bond motifs is 1. The summed E-state index contributed by atoms with van der Waals surface area (Å²) in [5, 5.41) is 8.57. The lowest BCUT2D eigenvalue weighted by Gasteiger charge is -2.23. The highest BCUT2D eigenvalue weighted by Crippen LogP contribution is 2.30. The second-order valence-electron chi connectivity index (χ2n) is 5.85. The van der Waals surface area contributed by atoms with E-state index in [-0.39, 0.29) is 38.4 Å². The molecule has 1 heterocycles. The smallest absolute Gasteiger partial charge is 0.326 e. The molecule has 0 spiro atoms. The van der Waals surface area contributed by atoms with Gasteiger partial charge in [0, 0.05) is 13.6 Å². The van der Waals surface area contributed by atoms with Crippen LogP contribution in [-0.4, -0.2) is 55.5 Å². The minimum absolute atomic E-state index is 0.146. The summed E-state index contributed by atoms with van der Waals surface area (Å²) in [4.78, 5) is 39.3. The van der Waals surface area contributed by atoms with Crippen LogP contribution in [0.4, 0.5) is 5.69 Å². The van der Waals surface area contributed by atoms with E-state index in [0.29, 0.717) is 11.4 Å². The second-order valence-corrected chi connectivity index (χ2v) is 5.85. The maximum absolute atomic E-state index is 12.3. The van der Waals surface area contributed by atoms with Gasteiger partial charge in [0.2, 0.25) is 5.91 Å². The topological polar surface area (TPSA) is 99.9 Å². The first-order chi connectivity index (χ1) is 12.4. The van der Waals surface area contributed by atoms with Gasteiger partial charge in [-0.05, 0) is 19.1 Å². The van der Waals surface area contributed by atoms with Crippen LogP contribution in [-0.2, 0) is 19.1 Å². The van der Waals surface area contributed by atoms with Crippen LogP contribution in [0.5, 0.6) is 5.75 Å². The predicted octanol–water partition coefficient (Wildman–Crippen LogP) is 1.11. The summed E-state index contributed by atoms with van der Waals surface area (Å²) in [7, 11) is 1.54. The Hall–Kier alpha value is -3.08. The molecule has 0 N–H and O–H groups in total. The van der Waals surface area contributed by atoms with E-state index in [1.165, 1.54) is 23.8 Å². The summed E-state index contributed by atoms with van der Waals surface area (Å²) in [5.74, 6) is -0.826. The van der Waals surface area contributed by atoms with Gasteiger partial charge >= 0.3 is 5.97 Å². The molecule has 138 valence electrons. The lowest BCUT2D eigenvalue weighted by atomic mass is 10.2. The predicted molar refractivity (Wildman–Crippen MR) is 92.3 cm³/mol. The summed E-state index contributed by atoms with van der Waals surface area (Å²) in [6.07, 6.45) is -0.658. The average molecular weight is 359 g/mol. The number of hydrogen-bond donors (Lipinski definition) is 0. The Morgan fingerprint density at radius 2 is 2.15 bits per heavy atom. The molecule has 0 radical (unpaired) electrons. The molecule has 2 amide bonds. The van der Waals surface area contributed by atoms with Crippen molar-refractivity contribution in [2.45, 2.75) is 25.9 Å². The maximum Gasteiger partial charge on any atom is 0.326 e. The van der Waals surface area contributed by atoms with E-state index in [4.69, 9.17) is 14.7 Å². The van der Waals surface area contributed by atoms with Crippen molar-refractivity contribution in [2.24, 2.45) is 0 Å². The van der Waals surface area contributed by atoms with Crippen LogP contribution in [0.15, 0.2) is 24.3 Å². The first-order valence-corrected chi connectivity index (χ1v) is 8.27. The Balaban J connectivity index is 2.01. The zero-order chi connectivity index (χ0) is 19.1. The van der Waals surface area contributed by atoms with Crippen LogP contribution >= 0.6 is 0 Å². The van der Waals surface area contributed by atoms with Crippen molar-refractivity contribution < 1.29 is 23.9 Å². The van der Waals surface area contributed by atoms with Gasteiger partial charge in [-0.2, -0.15) is 5.26 Å². The third-order valence-electron chi connectivity index (χ3n) is 3.91. The van der Waals surface area contributed by atoms with E-state index >= 15 is 0 Å². The number of nitrogens with zero attached hydrogens (tertiary/aromatic N) is 3. The Morgan fingerprint density at radius 3 is 2.88 bits per heavy atom. The normalized spacial score (nSPS) is 14.3. The molecule has 8 heteroatoms. The standard InChI is InChI=1S/C18H21N3O5/c1-13(18(24)20(2)10-5-9-19)26-17(23)12-21-14-6-3-4-7-15(14)25-11-8-16(21)22/h3-4,6-7,13H,5,8,10-12H2,1-2H3/t13-/m1/s1. The van der Waals surface area contributed by atoms with Crippen molar-refractivity contribution in [3.05, 3.63) is 24.3 Å². The van der Waals surface area contributed by atoms with Crippen LogP contribution in [0.25, 0.3) is 0 Å². The zero-order valence-electron chi connectivity index (χ0n) is 14.8. The average Bonchev–Trinajstić information content (AvgIpc) is 2.78. The minimum atomic E-state index is -1.00. The van der Waals surface area contributed by atoms with Crippen molar-refractivity contribution in [1.29, 1.82) is 5.26 Å². The number of likely N-dealkylation sites (N-methyl/N-ethyl adjacent to an activating group) is 1. The fourth-order valence-electron chi connectivity index (χ4n) is 2.55. The number of amides is 2. The summed E-state index contributed by atoms with van der Waals surface area (Å²) < 4.78 is 10.7. The number of anilines is 1. The van der Waals surface area contributed by atoms with Crippen molar-refractivity contribution >= 4 is 23.5 Å². The van der Waals surface area contributed by atoms with Crippen LogP contribution in [0, 0.1) is 11.3 Å². The van der Waals surface area contributed by atoms with Crippen molar-refractivity contribution in [3.8, 4) is 11.8 Å². The summed E-state index contributed by atoms with van der Waals surface area (Å²) >= 11 is 0. The summed E-state index contributed by atoms with van der Waals surface area (Å²) in [6.45, 7) is 1.65. The van der Waals surface area contributed by atoms with Gasteiger partial charge in [0.25, 0.3) is 5.91 Å². The number of esters is 1. The summed E-state index contributed by atoms with van der Waals surface area (Å²) in [5.41, 5.74) is 0.497. The SMILES string of the molecule is C[C@@H](OC(=O)CN1C(=O)CCOc2ccccc21)C(=O)N(C)CCC#N. The molecule has 0 bridgehead atoms. The zero-order valence-corrected chi connectivity index (χ0v) is 14.8. The van der Waals surface area contributed by atoms with Gasteiger partial charge in [0.1, 0.15) is 12.3 Å². The number of benzene rings is 1. The van der Waals surface area contributed by atoms with E-state index < -0.39 is 18.0 Å². The van der Waals surface area contributed by atoms with E-state index in [2.05, 4.69) is 0 Å². The van der Waals surface area contributed by atoms with Crippen LogP contribution in [0.3, 0.4) is 0 Å². The van der Waals surface area contributed by atoms with E-state index in [0.717, 1.165) is 0 Å². The van der Waals surface area contributed by atoms with Gasteiger partial charge in [-0.1, -0.05) is 12.1 Å². The lowest BCUT2D eigenvalue weighted by Crippen LogP contribution is -2.41. The van der Waals surface area contributed by atoms with Gasteiger partial charge < -0.3 is 14.4 Å². The molecule has 26 heavy (non-hydrogen) atoms. The monoisotopic (exact) mass is 359 g/mol. The van der Waals surface area contributed by atoms with Gasteiger partial charge in [0.05, 0.1) is 31.2 Å². The molecule has 0 saturated carbocycles. The van der Waals surface area contributed by atoms with Crippen molar-refractivity contribution in [3.63, 3.8) is 0 Å². The molecule has 0 aliphatic carbocycles. The largest absolute Gasteiger partial charge is 0.491 e. The van der Waals surface area contributed by atoms with Crippen LogP contribution < -0.4 is 9.64 Å². The number of nitriles is 1. The van der Waals surface area contributed by atoms with E-state index in [9.17, 15) is 14.4 Å². The molecule has 0 unspecified atom stereocenters. The maximum atomic E-state index is 12.3. The quantitative estimate of drug-likeness (QED) is 0.705. The third-order valence-corrected chi connectivity index (χ3v) is 3.91. The number of ether oxygens (including phenoxy) is 2. The fraction of sp³-hybridized carbons (Fsp3) is 0.444. The van der Waals surface area contributed by atoms with Gasteiger partial charge in [-0.3, -0.25) is 19.3 Å². The minimum Gasteiger partial charge on any atom is -0.491 e. The molecule has 8 nitrogen and oxygen atoms in total. The Morgan fingerprint density at radius 1 is 1.42 bits per heavy atom. The number of carbonyl (C=O) groups is 3. The van der Waals surface area contributed by atoms with Crippen molar-refractivity contribution in [1.82, 2.24) is 4.90 Å². The Kier molecular flexibility index (Phi) is 6.55. The van der Waals surface area contributed by atoms with Crippen molar-refractivity contribution in [2.75, 3.05) is 31.6 Å². The summed E-state index contributed by atoms with van der Waals surface area (Å²) in [6, 6.07) is 8.89. The molecule has 1 aromatic rings. The highest BCUT2D eigenvalue weighted by Gasteiger charge is 2.28. The van der Waals surface area contributed by atoms with Gasteiger partial charge in [-0.15, -0.1) is 0 Å². The van der Waals surface area contributed by atoms with Gasteiger partial charge in [0.15, 0.2) is 6.10 Å². The molecule has 0 fully saturated rings. The number of rotatable bonds is 6. The van der Waals surface area contributed by atoms with Gasteiger partial charge in [-0.25, -0.2) is 0 Å². The fourth-order valence-corrected chi connectivity index (χ4v) is 2.55. The molecular weight excluding hydrogens is 338 g/mol. The number of carbonyl (C=O) groups excluding carboxylic acids is 3. The van der Waals surface area contributed by atoms with E-state index in [1.807, 2.05) is 6.07 Å². The molecule has 0 aromatic heterocycles. The Bertz CT molecular complexity index is 728. The molecule has 1 atom stereocenters. The number of hydrogen-bond acceptors (Lipinski definition) is 6. The second kappa shape index (κ2) is 8.85. The first kappa shape index (κ1) is 19.2. The first-order valence-electron chi connectivity index (χ1n) is 8.27. The third kappa shape index (κ3) is 4.72. The molecule has 1 aromatic carbocycles.